The number of likely N-dealkylation sites (tertiary alicyclic amines) is 1. The van der Waals surface area contributed by atoms with Gasteiger partial charge in [0.1, 0.15) is 5.82 Å². The van der Waals surface area contributed by atoms with Crippen molar-refractivity contribution in [3.63, 3.8) is 0 Å². The average molecular weight is 285 g/mol. The molecule has 0 spiro atoms. The molecule has 1 fully saturated rings. The van der Waals surface area contributed by atoms with Crippen molar-refractivity contribution in [1.29, 1.82) is 0 Å². The van der Waals surface area contributed by atoms with E-state index in [9.17, 15) is 9.18 Å². The Bertz CT molecular complexity index is 660. The summed E-state index contributed by atoms with van der Waals surface area (Å²) in [6.45, 7) is 0.647. The number of halogens is 1. The number of aromatic nitrogens is 1. The third-order valence-corrected chi connectivity index (χ3v) is 3.83. The van der Waals surface area contributed by atoms with Crippen LogP contribution in [0.15, 0.2) is 42.7 Å². The van der Waals surface area contributed by atoms with Gasteiger partial charge in [-0.1, -0.05) is 6.07 Å². The van der Waals surface area contributed by atoms with Gasteiger partial charge in [0, 0.05) is 24.6 Å². The zero-order valence-electron chi connectivity index (χ0n) is 11.5. The van der Waals surface area contributed by atoms with Crippen LogP contribution in [-0.4, -0.2) is 22.3 Å². The van der Waals surface area contributed by atoms with Gasteiger partial charge in [-0.15, -0.1) is 0 Å². The van der Waals surface area contributed by atoms with Gasteiger partial charge >= 0.3 is 0 Å². The smallest absolute Gasteiger partial charge is 0.256 e. The van der Waals surface area contributed by atoms with Gasteiger partial charge in [0.15, 0.2) is 0 Å². The van der Waals surface area contributed by atoms with Crippen LogP contribution < -0.4 is 5.73 Å². The highest BCUT2D eigenvalue weighted by molar-refractivity contribution is 5.99. The van der Waals surface area contributed by atoms with E-state index in [1.165, 1.54) is 18.2 Å². The van der Waals surface area contributed by atoms with Crippen molar-refractivity contribution in [1.82, 2.24) is 9.88 Å². The van der Waals surface area contributed by atoms with Crippen LogP contribution in [0.2, 0.25) is 0 Å². The maximum absolute atomic E-state index is 13.4. The summed E-state index contributed by atoms with van der Waals surface area (Å²) in [5.74, 6) is -0.678. The standard InChI is InChI=1S/C16H16FN3O/c17-12-5-6-14(18)13(9-12)16(21)20-8-2-4-15(20)11-3-1-7-19-10-11/h1,3,5-7,9-10,15H,2,4,8,18H2. The van der Waals surface area contributed by atoms with Crippen molar-refractivity contribution < 1.29 is 9.18 Å². The summed E-state index contributed by atoms with van der Waals surface area (Å²) >= 11 is 0. The Kier molecular flexibility index (Phi) is 3.56. The van der Waals surface area contributed by atoms with E-state index in [1.54, 1.807) is 17.3 Å². The molecular weight excluding hydrogens is 269 g/mol. The Balaban J connectivity index is 1.92. The summed E-state index contributed by atoms with van der Waals surface area (Å²) in [6.07, 6.45) is 5.27. The highest BCUT2D eigenvalue weighted by Crippen LogP contribution is 2.33. The molecule has 4 nitrogen and oxygen atoms in total. The number of rotatable bonds is 2. The first-order valence-electron chi connectivity index (χ1n) is 6.93. The second kappa shape index (κ2) is 5.52. The van der Waals surface area contributed by atoms with Gasteiger partial charge in [-0.05, 0) is 42.7 Å². The number of carbonyl (C=O) groups excluding carboxylic acids is 1. The van der Waals surface area contributed by atoms with Crippen LogP contribution >= 0.6 is 0 Å². The van der Waals surface area contributed by atoms with Crippen molar-refractivity contribution in [2.24, 2.45) is 0 Å². The van der Waals surface area contributed by atoms with Gasteiger partial charge in [-0.3, -0.25) is 9.78 Å². The second-order valence-corrected chi connectivity index (χ2v) is 5.17. The lowest BCUT2D eigenvalue weighted by molar-refractivity contribution is 0.0736. The topological polar surface area (TPSA) is 59.2 Å². The van der Waals surface area contributed by atoms with Gasteiger partial charge < -0.3 is 10.6 Å². The Morgan fingerprint density at radius 3 is 3.00 bits per heavy atom. The molecule has 0 saturated carbocycles. The SMILES string of the molecule is Nc1ccc(F)cc1C(=O)N1CCCC1c1cccnc1. The molecule has 1 amide bonds. The van der Waals surface area contributed by atoms with E-state index in [-0.39, 0.29) is 17.5 Å². The molecule has 21 heavy (non-hydrogen) atoms. The average Bonchev–Trinajstić information content (AvgIpc) is 2.99. The molecule has 1 aromatic carbocycles. The summed E-state index contributed by atoms with van der Waals surface area (Å²) in [6, 6.07) is 7.68. The summed E-state index contributed by atoms with van der Waals surface area (Å²) < 4.78 is 13.4. The van der Waals surface area contributed by atoms with E-state index >= 15 is 0 Å². The number of pyridine rings is 1. The number of nitrogens with zero attached hydrogens (tertiary/aromatic N) is 2. The molecule has 1 saturated heterocycles. The maximum atomic E-state index is 13.4. The molecule has 2 heterocycles. The lowest BCUT2D eigenvalue weighted by Gasteiger charge is -2.25. The van der Waals surface area contributed by atoms with E-state index in [1.807, 2.05) is 12.1 Å². The Morgan fingerprint density at radius 2 is 2.24 bits per heavy atom. The van der Waals surface area contributed by atoms with Crippen molar-refractivity contribution in [3.05, 3.63) is 59.7 Å². The third-order valence-electron chi connectivity index (χ3n) is 3.83. The van der Waals surface area contributed by atoms with E-state index in [2.05, 4.69) is 4.98 Å². The van der Waals surface area contributed by atoms with Crippen molar-refractivity contribution in [2.75, 3.05) is 12.3 Å². The number of nitrogens with two attached hydrogens (primary N) is 1. The van der Waals surface area contributed by atoms with Crippen LogP contribution in [0.5, 0.6) is 0 Å². The molecule has 0 aliphatic carbocycles. The van der Waals surface area contributed by atoms with Crippen molar-refractivity contribution in [3.8, 4) is 0 Å². The summed E-state index contributed by atoms with van der Waals surface area (Å²) in [7, 11) is 0. The third kappa shape index (κ3) is 2.59. The predicted octanol–water partition coefficient (Wildman–Crippen LogP) is 2.78. The normalized spacial score (nSPS) is 18.0. The highest BCUT2D eigenvalue weighted by Gasteiger charge is 2.31. The lowest BCUT2D eigenvalue weighted by Crippen LogP contribution is -2.31. The van der Waals surface area contributed by atoms with Crippen LogP contribution in [0, 0.1) is 5.82 Å². The summed E-state index contributed by atoms with van der Waals surface area (Å²) in [5.41, 5.74) is 7.35. The number of carbonyl (C=O) groups is 1. The molecular formula is C16H16FN3O. The minimum atomic E-state index is -0.454. The first kappa shape index (κ1) is 13.5. The van der Waals surface area contributed by atoms with Crippen LogP contribution in [0.25, 0.3) is 0 Å². The number of anilines is 1. The highest BCUT2D eigenvalue weighted by atomic mass is 19.1. The summed E-state index contributed by atoms with van der Waals surface area (Å²) in [5, 5.41) is 0. The minimum absolute atomic E-state index is 0.0196. The lowest BCUT2D eigenvalue weighted by atomic mass is 10.1. The molecule has 3 rings (SSSR count). The molecule has 108 valence electrons. The quantitative estimate of drug-likeness (QED) is 0.863. The van der Waals surface area contributed by atoms with E-state index < -0.39 is 5.82 Å². The molecule has 1 atom stereocenters. The zero-order chi connectivity index (χ0) is 14.8. The first-order chi connectivity index (χ1) is 10.2. The van der Waals surface area contributed by atoms with Gasteiger partial charge in [0.25, 0.3) is 5.91 Å². The Hall–Kier alpha value is -2.43. The van der Waals surface area contributed by atoms with Crippen LogP contribution in [0.3, 0.4) is 0 Å². The van der Waals surface area contributed by atoms with Crippen LogP contribution in [0.4, 0.5) is 10.1 Å². The van der Waals surface area contributed by atoms with E-state index in [4.69, 9.17) is 5.73 Å². The number of hydrogen-bond acceptors (Lipinski definition) is 3. The first-order valence-corrected chi connectivity index (χ1v) is 6.93. The fourth-order valence-corrected chi connectivity index (χ4v) is 2.80. The predicted molar refractivity (Wildman–Crippen MR) is 78.1 cm³/mol. The molecule has 0 bridgehead atoms. The number of amides is 1. The summed E-state index contributed by atoms with van der Waals surface area (Å²) in [4.78, 5) is 18.5. The van der Waals surface area contributed by atoms with Crippen LogP contribution in [-0.2, 0) is 0 Å². The molecule has 2 aromatic rings. The number of hydrogen-bond donors (Lipinski definition) is 1. The van der Waals surface area contributed by atoms with Gasteiger partial charge in [0.2, 0.25) is 0 Å². The number of nitrogen functional groups attached to an aromatic ring is 1. The van der Waals surface area contributed by atoms with Gasteiger partial charge in [-0.2, -0.15) is 0 Å². The fourth-order valence-electron chi connectivity index (χ4n) is 2.80. The van der Waals surface area contributed by atoms with Gasteiger partial charge in [-0.25, -0.2) is 4.39 Å². The molecule has 0 radical (unpaired) electrons. The van der Waals surface area contributed by atoms with E-state index in [0.29, 0.717) is 12.2 Å². The Morgan fingerprint density at radius 1 is 1.38 bits per heavy atom. The minimum Gasteiger partial charge on any atom is -0.398 e. The molecule has 2 N–H and O–H groups in total. The van der Waals surface area contributed by atoms with Crippen molar-refractivity contribution in [2.45, 2.75) is 18.9 Å². The molecule has 5 heteroatoms. The van der Waals surface area contributed by atoms with Gasteiger partial charge in [0.05, 0.1) is 11.6 Å². The Labute approximate surface area is 122 Å². The maximum Gasteiger partial charge on any atom is 0.256 e. The monoisotopic (exact) mass is 285 g/mol. The zero-order valence-corrected chi connectivity index (χ0v) is 11.5. The largest absolute Gasteiger partial charge is 0.398 e. The molecule has 1 unspecified atom stereocenters. The van der Waals surface area contributed by atoms with Crippen molar-refractivity contribution >= 4 is 11.6 Å². The molecule has 1 aliphatic heterocycles. The van der Waals surface area contributed by atoms with E-state index in [0.717, 1.165) is 18.4 Å². The second-order valence-electron chi connectivity index (χ2n) is 5.17. The molecule has 1 aliphatic rings. The van der Waals surface area contributed by atoms with Crippen LogP contribution in [0.1, 0.15) is 34.8 Å². The fraction of sp³-hybridized carbons (Fsp3) is 0.250. The molecule has 1 aromatic heterocycles. The number of benzene rings is 1.